The van der Waals surface area contributed by atoms with Crippen LogP contribution in [0.4, 0.5) is 10.7 Å². The lowest BCUT2D eigenvalue weighted by atomic mass is 9.71. The lowest BCUT2D eigenvalue weighted by Gasteiger charge is -2.43. The van der Waals surface area contributed by atoms with Gasteiger partial charge < -0.3 is 19.8 Å². The van der Waals surface area contributed by atoms with E-state index >= 15 is 0 Å². The second-order valence-electron chi connectivity index (χ2n) is 10.7. The summed E-state index contributed by atoms with van der Waals surface area (Å²) in [5.41, 5.74) is 2.57. The smallest absolute Gasteiger partial charge is 0.408 e. The molecule has 8 nitrogen and oxygen atoms in total. The molecule has 1 saturated carbocycles. The number of rotatable bonds is 6. The average molecular weight is 515 g/mol. The van der Waals surface area contributed by atoms with Gasteiger partial charge in [0.1, 0.15) is 16.7 Å². The zero-order valence-corrected chi connectivity index (χ0v) is 22.6. The van der Waals surface area contributed by atoms with E-state index in [0.717, 1.165) is 41.5 Å². The van der Waals surface area contributed by atoms with Crippen molar-refractivity contribution in [3.8, 4) is 22.5 Å². The molecule has 8 heteroatoms. The molecular weight excluding hydrogens is 480 g/mol. The Morgan fingerprint density at radius 3 is 2.32 bits per heavy atom. The predicted octanol–water partition coefficient (Wildman–Crippen LogP) is 6.29. The minimum Gasteiger partial charge on any atom is -0.444 e. The summed E-state index contributed by atoms with van der Waals surface area (Å²) in [4.78, 5) is 30.8. The van der Waals surface area contributed by atoms with Gasteiger partial charge in [0.05, 0.1) is 5.54 Å². The third-order valence-electron chi connectivity index (χ3n) is 7.06. The van der Waals surface area contributed by atoms with E-state index in [1.807, 2.05) is 82.3 Å². The summed E-state index contributed by atoms with van der Waals surface area (Å²) < 4.78 is 13.4. The van der Waals surface area contributed by atoms with Crippen LogP contribution in [0.1, 0.15) is 52.5 Å². The first kappa shape index (κ1) is 25.6. The average Bonchev–Trinajstić information content (AvgIpc) is 3.25. The molecule has 38 heavy (non-hydrogen) atoms. The van der Waals surface area contributed by atoms with E-state index in [0.29, 0.717) is 29.4 Å². The molecule has 0 bridgehead atoms. The van der Waals surface area contributed by atoms with Gasteiger partial charge in [-0.25, -0.2) is 4.79 Å². The number of aromatic nitrogens is 2. The van der Waals surface area contributed by atoms with Crippen molar-refractivity contribution in [2.75, 3.05) is 12.4 Å². The first-order valence-electron chi connectivity index (χ1n) is 13.1. The Labute approximate surface area is 222 Å². The predicted molar refractivity (Wildman–Crippen MR) is 149 cm³/mol. The topological polar surface area (TPSA) is 98.4 Å². The van der Waals surface area contributed by atoms with Gasteiger partial charge in [0.2, 0.25) is 11.7 Å². The minimum atomic E-state index is -0.564. The number of amides is 1. The van der Waals surface area contributed by atoms with Crippen LogP contribution < -0.4 is 16.2 Å². The highest BCUT2D eigenvalue weighted by molar-refractivity contribution is 6.00. The van der Waals surface area contributed by atoms with Crippen LogP contribution in [0, 0.1) is 0 Å². The zero-order chi connectivity index (χ0) is 27.1. The number of benzene rings is 2. The zero-order valence-electron chi connectivity index (χ0n) is 22.6. The molecule has 2 aromatic carbocycles. The van der Waals surface area contributed by atoms with Crippen molar-refractivity contribution in [3.63, 3.8) is 0 Å². The summed E-state index contributed by atoms with van der Waals surface area (Å²) in [6.07, 6.45) is 2.31. The van der Waals surface area contributed by atoms with Crippen molar-refractivity contribution in [1.82, 2.24) is 14.9 Å². The van der Waals surface area contributed by atoms with Gasteiger partial charge >= 0.3 is 6.09 Å². The molecule has 1 aliphatic rings. The molecular formula is C30H34N4O4. The summed E-state index contributed by atoms with van der Waals surface area (Å²) in [5, 5.41) is 6.57. The second kappa shape index (κ2) is 9.67. The number of nitrogens with zero attached hydrogens (tertiary/aromatic N) is 2. The Balaban J connectivity index is 1.60. The Kier molecular flexibility index (Phi) is 6.51. The van der Waals surface area contributed by atoms with Crippen molar-refractivity contribution < 1.29 is 13.9 Å². The van der Waals surface area contributed by atoms with Gasteiger partial charge in [0, 0.05) is 24.7 Å². The van der Waals surface area contributed by atoms with Gasteiger partial charge in [-0.05, 0) is 58.1 Å². The third kappa shape index (κ3) is 4.55. The van der Waals surface area contributed by atoms with E-state index in [1.165, 1.54) is 0 Å². The highest BCUT2D eigenvalue weighted by Crippen LogP contribution is 2.43. The highest BCUT2D eigenvalue weighted by Gasteiger charge is 2.41. The van der Waals surface area contributed by atoms with Crippen LogP contribution in [0.15, 0.2) is 63.8 Å². The monoisotopic (exact) mass is 514 g/mol. The first-order valence-corrected chi connectivity index (χ1v) is 13.1. The van der Waals surface area contributed by atoms with Gasteiger partial charge in [-0.2, -0.15) is 4.98 Å². The number of anilines is 1. The Morgan fingerprint density at radius 2 is 1.76 bits per heavy atom. The highest BCUT2D eigenvalue weighted by atomic mass is 16.6. The molecule has 0 unspecified atom stereocenters. The Hall–Kier alpha value is -4.07. The Bertz CT molecular complexity index is 1530. The fourth-order valence-electron chi connectivity index (χ4n) is 5.11. The molecule has 198 valence electrons. The molecule has 0 spiro atoms. The van der Waals surface area contributed by atoms with E-state index < -0.39 is 17.2 Å². The summed E-state index contributed by atoms with van der Waals surface area (Å²) in [6, 6.07) is 17.8. The maximum atomic E-state index is 13.6. The van der Waals surface area contributed by atoms with E-state index in [4.69, 9.17) is 9.15 Å². The molecule has 4 aromatic rings. The summed E-state index contributed by atoms with van der Waals surface area (Å²) in [6.45, 7) is 7.97. The third-order valence-corrected chi connectivity index (χ3v) is 7.06. The number of nitrogens with one attached hydrogen (secondary N) is 2. The van der Waals surface area contributed by atoms with Gasteiger partial charge in [-0.15, -0.1) is 0 Å². The molecule has 0 saturated heterocycles. The van der Waals surface area contributed by atoms with E-state index in [-0.39, 0.29) is 5.56 Å². The van der Waals surface area contributed by atoms with Crippen molar-refractivity contribution >= 4 is 23.1 Å². The fourth-order valence-corrected chi connectivity index (χ4v) is 5.11. The molecule has 2 N–H and O–H groups in total. The maximum absolute atomic E-state index is 13.6. The molecule has 1 aliphatic carbocycles. The Morgan fingerprint density at radius 1 is 1.08 bits per heavy atom. The number of furan rings is 1. The van der Waals surface area contributed by atoms with E-state index in [9.17, 15) is 9.59 Å². The lowest BCUT2D eigenvalue weighted by molar-refractivity contribution is 0.0377. The molecule has 1 amide bonds. The molecule has 0 atom stereocenters. The minimum absolute atomic E-state index is 0.151. The number of carbonyl (C=O) groups excluding carboxylic acids is 1. The van der Waals surface area contributed by atoms with Crippen LogP contribution in [-0.4, -0.2) is 28.3 Å². The molecule has 0 aliphatic heterocycles. The number of alkyl carbamates (subject to hydrolysis) is 1. The van der Waals surface area contributed by atoms with Gasteiger partial charge in [-0.1, -0.05) is 54.6 Å². The van der Waals surface area contributed by atoms with Crippen molar-refractivity contribution in [2.24, 2.45) is 0 Å². The van der Waals surface area contributed by atoms with Crippen LogP contribution >= 0.6 is 0 Å². The quantitative estimate of drug-likeness (QED) is 0.314. The molecule has 1 fully saturated rings. The van der Waals surface area contributed by atoms with Crippen LogP contribution in [0.5, 0.6) is 0 Å². The van der Waals surface area contributed by atoms with Crippen molar-refractivity contribution in [2.45, 2.75) is 64.6 Å². The summed E-state index contributed by atoms with van der Waals surface area (Å²) in [5.74, 6) is 1.04. The van der Waals surface area contributed by atoms with E-state index in [1.54, 1.807) is 11.6 Å². The summed E-state index contributed by atoms with van der Waals surface area (Å²) in [7, 11) is 1.74. The van der Waals surface area contributed by atoms with Crippen LogP contribution in [0.25, 0.3) is 33.6 Å². The normalized spacial score (nSPS) is 14.7. The van der Waals surface area contributed by atoms with Crippen molar-refractivity contribution in [1.29, 1.82) is 0 Å². The fraction of sp³-hybridized carbons (Fsp3) is 0.367. The molecule has 2 heterocycles. The summed E-state index contributed by atoms with van der Waals surface area (Å²) >= 11 is 0. The van der Waals surface area contributed by atoms with E-state index in [2.05, 4.69) is 15.6 Å². The number of hydrogen-bond acceptors (Lipinski definition) is 6. The maximum Gasteiger partial charge on any atom is 0.408 e. The number of ether oxygens (including phenoxy) is 1. The van der Waals surface area contributed by atoms with Gasteiger partial charge in [-0.3, -0.25) is 9.36 Å². The number of hydrogen-bond donors (Lipinski definition) is 2. The molecule has 2 aromatic heterocycles. The second-order valence-corrected chi connectivity index (χ2v) is 10.7. The van der Waals surface area contributed by atoms with Crippen LogP contribution in [0.3, 0.4) is 0 Å². The standard InChI is InChI=1S/C30H34N4O4/c1-6-34-26(35)23-22(19-11-8-7-9-12-19)24(37-25(23)32-27(34)31-5)20-13-15-21(16-14-20)30(17-10-18-30)33-28(36)38-29(2,3)4/h7-9,11-16H,6,10,17-18H2,1-5H3,(H,31,32)(H,33,36). The largest absolute Gasteiger partial charge is 0.444 e. The first-order chi connectivity index (χ1) is 18.2. The molecule has 0 radical (unpaired) electrons. The van der Waals surface area contributed by atoms with Gasteiger partial charge in [0.25, 0.3) is 5.56 Å². The van der Waals surface area contributed by atoms with Gasteiger partial charge in [0.15, 0.2) is 0 Å². The van der Waals surface area contributed by atoms with Crippen molar-refractivity contribution in [3.05, 3.63) is 70.5 Å². The van der Waals surface area contributed by atoms with Crippen LogP contribution in [0.2, 0.25) is 0 Å². The SMILES string of the molecule is CCn1c(NC)nc2oc(-c3ccc(C4(NC(=O)OC(C)(C)C)CCC4)cc3)c(-c3ccccc3)c2c1=O. The molecule has 5 rings (SSSR count). The number of carbonyl (C=O) groups is 1. The van der Waals surface area contributed by atoms with Crippen LogP contribution in [-0.2, 0) is 16.8 Å². The lowest BCUT2D eigenvalue weighted by Crippen LogP contribution is -2.52. The number of fused-ring (bicyclic) bond motifs is 1.